The third-order valence-corrected chi connectivity index (χ3v) is 6.87. The highest BCUT2D eigenvalue weighted by Gasteiger charge is 2.45. The normalized spacial score (nSPS) is 22.6. The van der Waals surface area contributed by atoms with Gasteiger partial charge in [-0.1, -0.05) is 0 Å². The molecule has 0 aliphatic carbocycles. The number of ether oxygens (including phenoxy) is 3. The van der Waals surface area contributed by atoms with Crippen LogP contribution in [0, 0.1) is 5.82 Å². The number of aromatic nitrogens is 1. The number of carbonyl (C=O) groups is 1. The Kier molecular flexibility index (Phi) is 5.98. The quantitative estimate of drug-likeness (QED) is 0.702. The van der Waals surface area contributed by atoms with E-state index in [9.17, 15) is 9.18 Å². The number of pyridine rings is 1. The first-order valence-electron chi connectivity index (χ1n) is 12.0. The van der Waals surface area contributed by atoms with Crippen LogP contribution in [0.2, 0.25) is 0 Å². The van der Waals surface area contributed by atoms with Gasteiger partial charge in [0.2, 0.25) is 0 Å². The molecule has 8 heteroatoms. The summed E-state index contributed by atoms with van der Waals surface area (Å²) >= 11 is 0. The van der Waals surface area contributed by atoms with Crippen LogP contribution in [-0.4, -0.2) is 59.3 Å². The average molecular weight is 470 g/mol. The van der Waals surface area contributed by atoms with Gasteiger partial charge in [0.05, 0.1) is 42.8 Å². The number of carbonyl (C=O) groups excluding carboxylic acids is 1. The van der Waals surface area contributed by atoms with E-state index in [1.54, 1.807) is 18.3 Å². The second-order valence-corrected chi connectivity index (χ2v) is 10.2. The maximum atomic E-state index is 13.9. The van der Waals surface area contributed by atoms with E-state index in [-0.39, 0.29) is 29.5 Å². The van der Waals surface area contributed by atoms with Gasteiger partial charge >= 0.3 is 0 Å². The lowest BCUT2D eigenvalue weighted by Gasteiger charge is -2.47. The Morgan fingerprint density at radius 1 is 1.24 bits per heavy atom. The van der Waals surface area contributed by atoms with Gasteiger partial charge in [-0.2, -0.15) is 0 Å². The number of halogens is 1. The number of amides is 1. The maximum Gasteiger partial charge on any atom is 0.272 e. The molecule has 7 nitrogen and oxygen atoms in total. The van der Waals surface area contributed by atoms with E-state index >= 15 is 0 Å². The fourth-order valence-electron chi connectivity index (χ4n) is 5.05. The summed E-state index contributed by atoms with van der Waals surface area (Å²) in [5, 5.41) is 3.40. The zero-order valence-corrected chi connectivity index (χ0v) is 20.0. The number of benzene rings is 1. The first-order valence-corrected chi connectivity index (χ1v) is 12.0. The number of fused-ring (bicyclic) bond motifs is 1. The smallest absolute Gasteiger partial charge is 0.272 e. The van der Waals surface area contributed by atoms with E-state index in [0.717, 1.165) is 11.3 Å². The molecule has 2 saturated heterocycles. The Balaban J connectivity index is 1.24. The number of piperidine rings is 1. The Morgan fingerprint density at radius 3 is 2.62 bits per heavy atom. The molecule has 0 unspecified atom stereocenters. The van der Waals surface area contributed by atoms with Crippen molar-refractivity contribution in [3.63, 3.8) is 0 Å². The minimum absolute atomic E-state index is 0.0147. The number of nitrogens with zero attached hydrogens (tertiary/aromatic N) is 2. The molecule has 0 bridgehead atoms. The van der Waals surface area contributed by atoms with Gasteiger partial charge in [0.25, 0.3) is 5.91 Å². The zero-order valence-electron chi connectivity index (χ0n) is 20.0. The van der Waals surface area contributed by atoms with Crippen LogP contribution in [0.4, 0.5) is 10.1 Å². The predicted octanol–water partition coefficient (Wildman–Crippen LogP) is 4.35. The molecule has 3 aliphatic rings. The predicted molar refractivity (Wildman–Crippen MR) is 126 cm³/mol. The number of rotatable bonds is 5. The van der Waals surface area contributed by atoms with Crippen LogP contribution < -0.4 is 10.1 Å². The van der Waals surface area contributed by atoms with Crippen molar-refractivity contribution in [1.82, 2.24) is 9.88 Å². The number of nitrogens with one attached hydrogen (secondary N) is 1. The molecule has 3 aliphatic heterocycles. The lowest BCUT2D eigenvalue weighted by atomic mass is 9.81. The molecule has 4 heterocycles. The van der Waals surface area contributed by atoms with Crippen molar-refractivity contribution in [2.24, 2.45) is 0 Å². The molecule has 5 rings (SSSR count). The van der Waals surface area contributed by atoms with Gasteiger partial charge in [0.1, 0.15) is 22.9 Å². The summed E-state index contributed by atoms with van der Waals surface area (Å²) < 4.78 is 31.7. The fourth-order valence-corrected chi connectivity index (χ4v) is 5.05. The van der Waals surface area contributed by atoms with Crippen LogP contribution in [0.3, 0.4) is 0 Å². The van der Waals surface area contributed by atoms with Gasteiger partial charge in [-0.25, -0.2) is 9.37 Å². The van der Waals surface area contributed by atoms with Gasteiger partial charge < -0.3 is 24.4 Å². The third-order valence-electron chi connectivity index (χ3n) is 6.87. The second kappa shape index (κ2) is 8.82. The molecule has 2 aromatic rings. The van der Waals surface area contributed by atoms with Gasteiger partial charge in [0, 0.05) is 37.9 Å². The molecule has 2 fully saturated rings. The van der Waals surface area contributed by atoms with Gasteiger partial charge in [-0.15, -0.1) is 0 Å². The summed E-state index contributed by atoms with van der Waals surface area (Å²) in [6.07, 6.45) is 3.50. The van der Waals surface area contributed by atoms with E-state index < -0.39 is 5.60 Å². The number of likely N-dealkylation sites (tertiary alicyclic amines) is 1. The molecule has 1 atom stereocenters. The molecule has 0 radical (unpaired) electrons. The summed E-state index contributed by atoms with van der Waals surface area (Å²) in [4.78, 5) is 19.3. The van der Waals surface area contributed by atoms with Crippen molar-refractivity contribution in [2.45, 2.75) is 63.4 Å². The molecule has 1 spiro atoms. The molecule has 34 heavy (non-hydrogen) atoms. The average Bonchev–Trinajstić information content (AvgIpc) is 2.79. The second-order valence-electron chi connectivity index (χ2n) is 10.2. The van der Waals surface area contributed by atoms with Gasteiger partial charge in [0.15, 0.2) is 0 Å². The van der Waals surface area contributed by atoms with Crippen LogP contribution in [0.25, 0.3) is 0 Å². The highest BCUT2D eigenvalue weighted by atomic mass is 19.1. The van der Waals surface area contributed by atoms with Gasteiger partial charge in [-0.3, -0.25) is 4.79 Å². The van der Waals surface area contributed by atoms with E-state index in [2.05, 4.69) is 17.2 Å². The van der Waals surface area contributed by atoms with Crippen LogP contribution in [0.5, 0.6) is 5.75 Å². The molecule has 1 N–H and O–H groups in total. The summed E-state index contributed by atoms with van der Waals surface area (Å²) in [7, 11) is 0. The molecule has 182 valence electrons. The first kappa shape index (κ1) is 23.1. The standard InChI is InChI=1S/C26H32FN3O4/c1-17(2)33-23-13-26(34-22-7-4-18(27)12-20(22)23)8-10-30(11-9-26)24(31)21-6-5-19(14-28-21)29-25(3)15-32-16-25/h4-7,12,14,17,23,29H,8-11,13,15-16H2,1-3H3/t23-/m1/s1. The largest absolute Gasteiger partial charge is 0.487 e. The van der Waals surface area contributed by atoms with Crippen molar-refractivity contribution in [3.8, 4) is 5.75 Å². The van der Waals surface area contributed by atoms with Crippen molar-refractivity contribution < 1.29 is 23.4 Å². The minimum atomic E-state index is -0.428. The maximum absolute atomic E-state index is 13.9. The Hall–Kier alpha value is -2.71. The number of hydrogen-bond acceptors (Lipinski definition) is 6. The van der Waals surface area contributed by atoms with Crippen LogP contribution >= 0.6 is 0 Å². The number of anilines is 1. The van der Waals surface area contributed by atoms with E-state index in [1.807, 2.05) is 24.8 Å². The highest BCUT2D eigenvalue weighted by molar-refractivity contribution is 5.92. The molecule has 1 amide bonds. The van der Waals surface area contributed by atoms with Crippen molar-refractivity contribution >= 4 is 11.6 Å². The molecular weight excluding hydrogens is 437 g/mol. The van der Waals surface area contributed by atoms with Crippen LogP contribution in [-0.2, 0) is 9.47 Å². The lowest BCUT2D eigenvalue weighted by molar-refractivity contribution is -0.0874. The Morgan fingerprint density at radius 2 is 2.00 bits per heavy atom. The summed E-state index contributed by atoms with van der Waals surface area (Å²) in [6.45, 7) is 8.52. The fraction of sp³-hybridized carbons (Fsp3) is 0.538. The molecule has 1 aromatic heterocycles. The SMILES string of the molecule is CC(C)O[C@@H]1CC2(CCN(C(=O)c3ccc(NC4(C)COC4)cn3)CC2)Oc2ccc(F)cc21. The third kappa shape index (κ3) is 4.61. The van der Waals surface area contributed by atoms with Gasteiger partial charge in [-0.05, 0) is 51.1 Å². The van der Waals surface area contributed by atoms with Crippen molar-refractivity contribution in [3.05, 3.63) is 53.6 Å². The Bertz CT molecular complexity index is 1050. The molecular formula is C26H32FN3O4. The summed E-state index contributed by atoms with van der Waals surface area (Å²) in [5.74, 6) is 0.307. The summed E-state index contributed by atoms with van der Waals surface area (Å²) in [5.41, 5.74) is 1.57. The van der Waals surface area contributed by atoms with E-state index in [1.165, 1.54) is 12.1 Å². The topological polar surface area (TPSA) is 72.9 Å². The van der Waals surface area contributed by atoms with Crippen LogP contribution in [0.1, 0.15) is 62.2 Å². The Labute approximate surface area is 199 Å². The minimum Gasteiger partial charge on any atom is -0.487 e. The highest BCUT2D eigenvalue weighted by Crippen LogP contribution is 2.46. The monoisotopic (exact) mass is 469 g/mol. The van der Waals surface area contributed by atoms with E-state index in [0.29, 0.717) is 57.0 Å². The lowest BCUT2D eigenvalue weighted by Crippen LogP contribution is -2.53. The molecule has 1 aromatic carbocycles. The van der Waals surface area contributed by atoms with Crippen LogP contribution in [0.15, 0.2) is 36.5 Å². The number of hydrogen-bond donors (Lipinski definition) is 1. The zero-order chi connectivity index (χ0) is 23.9. The summed E-state index contributed by atoms with van der Waals surface area (Å²) in [6, 6.07) is 8.28. The van der Waals surface area contributed by atoms with Crippen molar-refractivity contribution in [1.29, 1.82) is 0 Å². The van der Waals surface area contributed by atoms with Crippen molar-refractivity contribution in [2.75, 3.05) is 31.6 Å². The molecule has 0 saturated carbocycles. The first-order chi connectivity index (χ1) is 16.2. The van der Waals surface area contributed by atoms with E-state index in [4.69, 9.17) is 14.2 Å².